The molecule has 3 unspecified atom stereocenters. The van der Waals surface area contributed by atoms with E-state index in [-0.39, 0.29) is 0 Å². The summed E-state index contributed by atoms with van der Waals surface area (Å²) >= 11 is 0. The third kappa shape index (κ3) is 2.46. The van der Waals surface area contributed by atoms with Gasteiger partial charge < -0.3 is 5.32 Å². The smallest absolute Gasteiger partial charge is 0.0547 e. The molecule has 1 N–H and O–H groups in total. The molecule has 0 bridgehead atoms. The summed E-state index contributed by atoms with van der Waals surface area (Å²) in [5.41, 5.74) is 1.27. The van der Waals surface area contributed by atoms with E-state index in [1.807, 2.05) is 17.9 Å². The van der Waals surface area contributed by atoms with Crippen molar-refractivity contribution >= 4 is 0 Å². The fraction of sp³-hybridized carbons (Fsp3) is 0.769. The Kier molecular flexibility index (Phi) is 3.64. The van der Waals surface area contributed by atoms with E-state index < -0.39 is 0 Å². The molecule has 0 spiro atoms. The first-order valence-electron chi connectivity index (χ1n) is 6.39. The molecule has 90 valence electrons. The molecule has 1 aliphatic rings. The second-order valence-electron chi connectivity index (χ2n) is 5.18. The first-order chi connectivity index (χ1) is 7.68. The Balaban J connectivity index is 1.84. The highest BCUT2D eigenvalue weighted by Gasteiger charge is 2.23. The highest BCUT2D eigenvalue weighted by atomic mass is 15.3. The first-order valence-corrected chi connectivity index (χ1v) is 6.39. The van der Waals surface area contributed by atoms with Gasteiger partial charge in [-0.2, -0.15) is 5.10 Å². The van der Waals surface area contributed by atoms with Gasteiger partial charge in [0.25, 0.3) is 0 Å². The third-order valence-corrected chi connectivity index (χ3v) is 4.03. The van der Waals surface area contributed by atoms with Crippen molar-refractivity contribution in [3.8, 4) is 0 Å². The Morgan fingerprint density at radius 3 is 2.94 bits per heavy atom. The zero-order valence-electron chi connectivity index (χ0n) is 10.6. The summed E-state index contributed by atoms with van der Waals surface area (Å²) in [4.78, 5) is 0. The quantitative estimate of drug-likeness (QED) is 0.846. The predicted molar refractivity (Wildman–Crippen MR) is 66.1 cm³/mol. The molecule has 3 atom stereocenters. The molecule has 1 aromatic rings. The fourth-order valence-corrected chi connectivity index (χ4v) is 2.77. The Hall–Kier alpha value is -0.830. The first kappa shape index (κ1) is 11.6. The van der Waals surface area contributed by atoms with E-state index >= 15 is 0 Å². The molecule has 3 nitrogen and oxygen atoms in total. The molecule has 0 radical (unpaired) electrons. The average Bonchev–Trinajstić information content (AvgIpc) is 2.84. The summed E-state index contributed by atoms with van der Waals surface area (Å²) in [5, 5.41) is 7.85. The van der Waals surface area contributed by atoms with Crippen molar-refractivity contribution < 1.29 is 0 Å². The minimum Gasteiger partial charge on any atom is -0.309 e. The van der Waals surface area contributed by atoms with Gasteiger partial charge >= 0.3 is 0 Å². The minimum atomic E-state index is 0.403. The van der Waals surface area contributed by atoms with Crippen LogP contribution in [0.25, 0.3) is 0 Å². The molecule has 1 fully saturated rings. The summed E-state index contributed by atoms with van der Waals surface area (Å²) in [7, 11) is 2.01. The molecule has 1 saturated carbocycles. The highest BCUT2D eigenvalue weighted by Crippen LogP contribution is 2.30. The van der Waals surface area contributed by atoms with Crippen LogP contribution in [0.5, 0.6) is 0 Å². The van der Waals surface area contributed by atoms with Crippen molar-refractivity contribution in [1.82, 2.24) is 15.1 Å². The van der Waals surface area contributed by atoms with Crippen LogP contribution in [-0.2, 0) is 7.05 Å². The number of hydrogen-bond donors (Lipinski definition) is 1. The minimum absolute atomic E-state index is 0.403. The Morgan fingerprint density at radius 1 is 1.56 bits per heavy atom. The van der Waals surface area contributed by atoms with E-state index in [0.717, 1.165) is 18.4 Å². The molecule has 0 amide bonds. The van der Waals surface area contributed by atoms with Gasteiger partial charge in [-0.3, -0.25) is 4.68 Å². The number of nitrogens with zero attached hydrogens (tertiary/aromatic N) is 2. The van der Waals surface area contributed by atoms with Crippen LogP contribution in [0, 0.1) is 11.8 Å². The molecule has 1 aromatic heterocycles. The molecular formula is C13H23N3. The van der Waals surface area contributed by atoms with E-state index in [1.165, 1.54) is 25.0 Å². The lowest BCUT2D eigenvalue weighted by Crippen LogP contribution is -2.28. The standard InChI is InChI=1S/C13H23N3/c1-10-5-4-6-12(10)9-14-11(2)13-7-8-15-16(13)3/h7-8,10-12,14H,4-6,9H2,1-3H3. The fourth-order valence-electron chi connectivity index (χ4n) is 2.77. The van der Waals surface area contributed by atoms with Gasteiger partial charge in [0.15, 0.2) is 0 Å². The molecule has 1 heterocycles. The van der Waals surface area contributed by atoms with Crippen LogP contribution < -0.4 is 5.32 Å². The van der Waals surface area contributed by atoms with Crippen LogP contribution in [0.15, 0.2) is 12.3 Å². The molecule has 0 aromatic carbocycles. The highest BCUT2D eigenvalue weighted by molar-refractivity contribution is 5.05. The van der Waals surface area contributed by atoms with Crippen molar-refractivity contribution in [2.45, 2.75) is 39.2 Å². The van der Waals surface area contributed by atoms with Crippen LogP contribution in [-0.4, -0.2) is 16.3 Å². The molecule has 2 rings (SSSR count). The summed E-state index contributed by atoms with van der Waals surface area (Å²) in [5.74, 6) is 1.77. The average molecular weight is 221 g/mol. The summed E-state index contributed by atoms with van der Waals surface area (Å²) in [6, 6.07) is 2.50. The van der Waals surface area contributed by atoms with Crippen LogP contribution in [0.3, 0.4) is 0 Å². The van der Waals surface area contributed by atoms with Gasteiger partial charge in [-0.05, 0) is 37.8 Å². The molecule has 16 heavy (non-hydrogen) atoms. The van der Waals surface area contributed by atoms with Gasteiger partial charge in [0.1, 0.15) is 0 Å². The molecular weight excluding hydrogens is 198 g/mol. The number of nitrogens with one attached hydrogen (secondary N) is 1. The van der Waals surface area contributed by atoms with Crippen molar-refractivity contribution in [3.05, 3.63) is 18.0 Å². The van der Waals surface area contributed by atoms with Crippen LogP contribution in [0.1, 0.15) is 44.8 Å². The van der Waals surface area contributed by atoms with Crippen LogP contribution in [0.2, 0.25) is 0 Å². The maximum atomic E-state index is 4.21. The van der Waals surface area contributed by atoms with Gasteiger partial charge in [0.05, 0.1) is 5.69 Å². The summed E-state index contributed by atoms with van der Waals surface area (Å²) in [6.45, 7) is 5.75. The second kappa shape index (κ2) is 5.00. The maximum absolute atomic E-state index is 4.21. The molecule has 3 heteroatoms. The van der Waals surface area contributed by atoms with Gasteiger partial charge in [-0.25, -0.2) is 0 Å². The summed E-state index contributed by atoms with van der Waals surface area (Å²) < 4.78 is 1.95. The van der Waals surface area contributed by atoms with Crippen molar-refractivity contribution in [1.29, 1.82) is 0 Å². The van der Waals surface area contributed by atoms with Crippen LogP contribution in [0.4, 0.5) is 0 Å². The van der Waals surface area contributed by atoms with Crippen LogP contribution >= 0.6 is 0 Å². The number of rotatable bonds is 4. The largest absolute Gasteiger partial charge is 0.309 e. The number of aromatic nitrogens is 2. The predicted octanol–water partition coefficient (Wildman–Crippen LogP) is 2.51. The lowest BCUT2D eigenvalue weighted by atomic mass is 9.98. The van der Waals surface area contributed by atoms with Crippen molar-refractivity contribution in [2.75, 3.05) is 6.54 Å². The number of aryl methyl sites for hydroxylation is 1. The maximum Gasteiger partial charge on any atom is 0.0547 e. The van der Waals surface area contributed by atoms with E-state index in [4.69, 9.17) is 0 Å². The van der Waals surface area contributed by atoms with Gasteiger partial charge in [-0.1, -0.05) is 19.8 Å². The Labute approximate surface area is 98.2 Å². The van der Waals surface area contributed by atoms with E-state index in [0.29, 0.717) is 6.04 Å². The van der Waals surface area contributed by atoms with E-state index in [1.54, 1.807) is 0 Å². The van der Waals surface area contributed by atoms with Gasteiger partial charge in [-0.15, -0.1) is 0 Å². The Bertz CT molecular complexity index is 332. The van der Waals surface area contributed by atoms with Gasteiger partial charge in [0, 0.05) is 19.3 Å². The van der Waals surface area contributed by atoms with Gasteiger partial charge in [0.2, 0.25) is 0 Å². The Morgan fingerprint density at radius 2 is 2.38 bits per heavy atom. The second-order valence-corrected chi connectivity index (χ2v) is 5.18. The topological polar surface area (TPSA) is 29.9 Å². The van der Waals surface area contributed by atoms with Crippen molar-refractivity contribution in [3.63, 3.8) is 0 Å². The number of hydrogen-bond acceptors (Lipinski definition) is 2. The SMILES string of the molecule is CC(NCC1CCCC1C)c1ccnn1C. The monoisotopic (exact) mass is 221 g/mol. The zero-order valence-corrected chi connectivity index (χ0v) is 10.6. The molecule has 0 aliphatic heterocycles. The molecule has 0 saturated heterocycles. The summed E-state index contributed by atoms with van der Waals surface area (Å²) in [6.07, 6.45) is 6.08. The normalized spacial score (nSPS) is 27.2. The lowest BCUT2D eigenvalue weighted by molar-refractivity contribution is 0.370. The molecule has 1 aliphatic carbocycles. The van der Waals surface area contributed by atoms with Crippen molar-refractivity contribution in [2.24, 2.45) is 18.9 Å². The lowest BCUT2D eigenvalue weighted by Gasteiger charge is -2.20. The third-order valence-electron chi connectivity index (χ3n) is 4.03. The van der Waals surface area contributed by atoms with E-state index in [9.17, 15) is 0 Å². The zero-order chi connectivity index (χ0) is 11.5. The van der Waals surface area contributed by atoms with E-state index in [2.05, 4.69) is 30.3 Å².